The van der Waals surface area contributed by atoms with Crippen LogP contribution in [0.3, 0.4) is 0 Å². The van der Waals surface area contributed by atoms with Crippen LogP contribution in [0.2, 0.25) is 0 Å². The number of anilines is 2. The van der Waals surface area contributed by atoms with Gasteiger partial charge in [0, 0.05) is 30.5 Å². The number of amides is 4. The van der Waals surface area contributed by atoms with Crippen molar-refractivity contribution in [2.45, 2.75) is 51.6 Å². The Hall–Kier alpha value is -3.55. The molecule has 2 N–H and O–H groups in total. The summed E-state index contributed by atoms with van der Waals surface area (Å²) in [4.78, 5) is 44.7. The molecule has 2 aromatic rings. The molecular formula is C27H35N5O3. The topological polar surface area (TPSA) is 85.0 Å². The van der Waals surface area contributed by atoms with Gasteiger partial charge in [-0.3, -0.25) is 9.59 Å². The summed E-state index contributed by atoms with van der Waals surface area (Å²) in [6, 6.07) is 17.5. The lowest BCUT2D eigenvalue weighted by Crippen LogP contribution is -2.58. The second-order valence-corrected chi connectivity index (χ2v) is 9.59. The molecule has 2 aromatic carbocycles. The quantitative estimate of drug-likeness (QED) is 0.668. The SMILES string of the molecule is CCc1ccccc1NC(=O)N1CCC2(CC1)C(=O)N(CC(=O)NC(C)C)CN2c1ccccc1. The molecule has 0 saturated carbocycles. The summed E-state index contributed by atoms with van der Waals surface area (Å²) in [5, 5.41) is 5.92. The number of nitrogens with zero attached hydrogens (tertiary/aromatic N) is 3. The number of urea groups is 1. The molecule has 35 heavy (non-hydrogen) atoms. The minimum absolute atomic E-state index is 0.0129. The third-order valence-electron chi connectivity index (χ3n) is 6.88. The summed E-state index contributed by atoms with van der Waals surface area (Å²) in [5.74, 6) is -0.207. The highest BCUT2D eigenvalue weighted by molar-refractivity contribution is 5.97. The number of para-hydroxylation sites is 2. The number of hydrogen-bond donors (Lipinski definition) is 2. The fourth-order valence-corrected chi connectivity index (χ4v) is 5.09. The van der Waals surface area contributed by atoms with Gasteiger partial charge in [0.1, 0.15) is 12.1 Å². The third kappa shape index (κ3) is 5.11. The van der Waals surface area contributed by atoms with Crippen molar-refractivity contribution in [2.24, 2.45) is 0 Å². The first-order valence-corrected chi connectivity index (χ1v) is 12.4. The van der Waals surface area contributed by atoms with E-state index in [2.05, 4.69) is 22.5 Å². The van der Waals surface area contributed by atoms with Crippen molar-refractivity contribution in [3.8, 4) is 0 Å². The van der Waals surface area contributed by atoms with Crippen LogP contribution in [0.1, 0.15) is 39.2 Å². The summed E-state index contributed by atoms with van der Waals surface area (Å²) < 4.78 is 0. The Bertz CT molecular complexity index is 1060. The third-order valence-corrected chi connectivity index (χ3v) is 6.88. The number of likely N-dealkylation sites (tertiary alicyclic amines) is 1. The normalized spacial score (nSPS) is 17.3. The molecule has 8 nitrogen and oxygen atoms in total. The molecule has 0 aliphatic carbocycles. The Labute approximate surface area is 207 Å². The molecule has 0 atom stereocenters. The fraction of sp³-hybridized carbons (Fsp3) is 0.444. The van der Waals surface area contributed by atoms with Gasteiger partial charge in [0.15, 0.2) is 0 Å². The molecule has 1 spiro atoms. The Kier molecular flexibility index (Phi) is 7.28. The van der Waals surface area contributed by atoms with Crippen LogP contribution >= 0.6 is 0 Å². The number of carbonyl (C=O) groups excluding carboxylic acids is 3. The van der Waals surface area contributed by atoms with E-state index in [1.807, 2.05) is 68.4 Å². The maximum atomic E-state index is 13.7. The van der Waals surface area contributed by atoms with Crippen LogP contribution in [0.4, 0.5) is 16.2 Å². The van der Waals surface area contributed by atoms with E-state index in [4.69, 9.17) is 0 Å². The molecule has 2 aliphatic rings. The highest BCUT2D eigenvalue weighted by atomic mass is 16.2. The molecule has 2 fully saturated rings. The molecule has 186 valence electrons. The standard InChI is InChI=1S/C27H35N5O3/c1-4-21-10-8-9-13-23(21)29-26(35)30-16-14-27(15-17-30)25(34)31(18-24(33)28-20(2)3)19-32(27)22-11-6-5-7-12-22/h5-13,20H,4,14-19H2,1-3H3,(H,28,33)(H,29,35). The Balaban J connectivity index is 1.50. The largest absolute Gasteiger partial charge is 0.352 e. The number of hydrogen-bond acceptors (Lipinski definition) is 4. The molecule has 2 aliphatic heterocycles. The lowest BCUT2D eigenvalue weighted by Gasteiger charge is -2.43. The van der Waals surface area contributed by atoms with Gasteiger partial charge in [-0.25, -0.2) is 4.79 Å². The Morgan fingerprint density at radius 1 is 1.00 bits per heavy atom. The summed E-state index contributed by atoms with van der Waals surface area (Å²) in [6.45, 7) is 7.17. The Morgan fingerprint density at radius 2 is 1.66 bits per heavy atom. The molecule has 0 radical (unpaired) electrons. The van der Waals surface area contributed by atoms with E-state index in [1.165, 1.54) is 0 Å². The second kappa shape index (κ2) is 10.4. The van der Waals surface area contributed by atoms with Gasteiger partial charge in [-0.15, -0.1) is 0 Å². The van der Waals surface area contributed by atoms with Crippen molar-refractivity contribution in [1.29, 1.82) is 0 Å². The number of rotatable bonds is 6. The number of piperidine rings is 1. The summed E-state index contributed by atoms with van der Waals surface area (Å²) >= 11 is 0. The van der Waals surface area contributed by atoms with Gasteiger partial charge in [-0.05, 0) is 56.9 Å². The number of benzene rings is 2. The predicted molar refractivity (Wildman–Crippen MR) is 137 cm³/mol. The monoisotopic (exact) mass is 477 g/mol. The zero-order chi connectivity index (χ0) is 25.0. The maximum Gasteiger partial charge on any atom is 0.321 e. The highest BCUT2D eigenvalue weighted by Gasteiger charge is 2.54. The van der Waals surface area contributed by atoms with Gasteiger partial charge >= 0.3 is 6.03 Å². The second-order valence-electron chi connectivity index (χ2n) is 9.59. The van der Waals surface area contributed by atoms with E-state index >= 15 is 0 Å². The highest BCUT2D eigenvalue weighted by Crippen LogP contribution is 2.39. The molecular weight excluding hydrogens is 442 g/mol. The molecule has 4 amide bonds. The van der Waals surface area contributed by atoms with Crippen molar-refractivity contribution < 1.29 is 14.4 Å². The van der Waals surface area contributed by atoms with Crippen molar-refractivity contribution in [1.82, 2.24) is 15.1 Å². The van der Waals surface area contributed by atoms with Gasteiger partial charge in [-0.1, -0.05) is 43.3 Å². The molecule has 0 unspecified atom stereocenters. The first-order valence-electron chi connectivity index (χ1n) is 12.4. The first kappa shape index (κ1) is 24.6. The average Bonchev–Trinajstić information content (AvgIpc) is 3.11. The van der Waals surface area contributed by atoms with E-state index in [0.717, 1.165) is 23.4 Å². The van der Waals surface area contributed by atoms with Crippen LogP contribution in [0.5, 0.6) is 0 Å². The van der Waals surface area contributed by atoms with Crippen LogP contribution in [0, 0.1) is 0 Å². The van der Waals surface area contributed by atoms with Crippen LogP contribution in [0.15, 0.2) is 54.6 Å². The smallest absolute Gasteiger partial charge is 0.321 e. The van der Waals surface area contributed by atoms with Gasteiger partial charge in [0.2, 0.25) is 5.91 Å². The van der Waals surface area contributed by atoms with Crippen LogP contribution < -0.4 is 15.5 Å². The van der Waals surface area contributed by atoms with Gasteiger partial charge in [0.05, 0.1) is 6.67 Å². The number of aryl methyl sites for hydroxylation is 1. The van der Waals surface area contributed by atoms with E-state index < -0.39 is 5.54 Å². The summed E-state index contributed by atoms with van der Waals surface area (Å²) in [6.07, 6.45) is 1.85. The lowest BCUT2D eigenvalue weighted by molar-refractivity contribution is -0.137. The van der Waals surface area contributed by atoms with Crippen molar-refractivity contribution in [3.05, 3.63) is 60.2 Å². The lowest BCUT2D eigenvalue weighted by atomic mass is 9.85. The molecule has 0 aromatic heterocycles. The predicted octanol–water partition coefficient (Wildman–Crippen LogP) is 3.45. The van der Waals surface area contributed by atoms with Crippen molar-refractivity contribution in [3.63, 3.8) is 0 Å². The summed E-state index contributed by atoms with van der Waals surface area (Å²) in [7, 11) is 0. The molecule has 8 heteroatoms. The molecule has 4 rings (SSSR count). The first-order chi connectivity index (χ1) is 16.8. The zero-order valence-electron chi connectivity index (χ0n) is 20.8. The van der Waals surface area contributed by atoms with Crippen molar-refractivity contribution >= 4 is 29.2 Å². The van der Waals surface area contributed by atoms with E-state index in [0.29, 0.717) is 32.6 Å². The molecule has 2 heterocycles. The van der Waals surface area contributed by atoms with Gasteiger partial charge in [-0.2, -0.15) is 0 Å². The number of carbonyl (C=O) groups is 3. The fourth-order valence-electron chi connectivity index (χ4n) is 5.09. The summed E-state index contributed by atoms with van der Waals surface area (Å²) in [5.41, 5.74) is 2.09. The van der Waals surface area contributed by atoms with Gasteiger partial charge in [0.25, 0.3) is 5.91 Å². The molecule has 0 bridgehead atoms. The molecule has 2 saturated heterocycles. The maximum absolute atomic E-state index is 13.7. The minimum atomic E-state index is -0.766. The van der Waals surface area contributed by atoms with Crippen LogP contribution in [-0.4, -0.2) is 65.5 Å². The van der Waals surface area contributed by atoms with E-state index in [1.54, 1.807) is 9.80 Å². The van der Waals surface area contributed by atoms with E-state index in [-0.39, 0.29) is 30.4 Å². The van der Waals surface area contributed by atoms with Gasteiger partial charge < -0.3 is 25.3 Å². The average molecular weight is 478 g/mol. The number of nitrogens with one attached hydrogen (secondary N) is 2. The van der Waals surface area contributed by atoms with Crippen molar-refractivity contribution in [2.75, 3.05) is 36.5 Å². The minimum Gasteiger partial charge on any atom is -0.352 e. The van der Waals surface area contributed by atoms with Crippen LogP contribution in [0.25, 0.3) is 0 Å². The van der Waals surface area contributed by atoms with E-state index in [9.17, 15) is 14.4 Å². The zero-order valence-corrected chi connectivity index (χ0v) is 20.8. The Morgan fingerprint density at radius 3 is 2.31 bits per heavy atom. The van der Waals surface area contributed by atoms with Crippen LogP contribution in [-0.2, 0) is 16.0 Å².